The zero-order valence-corrected chi connectivity index (χ0v) is 12.2. The van der Waals surface area contributed by atoms with Crippen molar-refractivity contribution < 1.29 is 14.4 Å². The monoisotopic (exact) mass is 293 g/mol. The molecule has 3 N–H and O–H groups in total. The van der Waals surface area contributed by atoms with Crippen LogP contribution in [-0.2, 0) is 14.4 Å². The topological polar surface area (TPSA) is 92.5 Å². The van der Waals surface area contributed by atoms with Gasteiger partial charge in [-0.1, -0.05) is 12.8 Å². The molecular formula is C15H23N3O3. The molecule has 6 nitrogen and oxygen atoms in total. The van der Waals surface area contributed by atoms with Crippen LogP contribution in [0.25, 0.3) is 0 Å². The van der Waals surface area contributed by atoms with E-state index in [2.05, 4.69) is 5.32 Å². The second-order valence-electron chi connectivity index (χ2n) is 6.57. The molecule has 1 heterocycles. The first-order valence-corrected chi connectivity index (χ1v) is 7.95. The summed E-state index contributed by atoms with van der Waals surface area (Å²) >= 11 is 0. The van der Waals surface area contributed by atoms with Gasteiger partial charge in [-0.3, -0.25) is 19.3 Å². The van der Waals surface area contributed by atoms with Crippen molar-refractivity contribution in [3.8, 4) is 0 Å². The SMILES string of the molecule is NC(CNC(=O)CN1C(=O)C2CCCCC2C1=O)C1CC1. The van der Waals surface area contributed by atoms with Crippen LogP contribution in [0.1, 0.15) is 38.5 Å². The fourth-order valence-electron chi connectivity index (χ4n) is 3.51. The zero-order chi connectivity index (χ0) is 15.0. The largest absolute Gasteiger partial charge is 0.353 e. The molecule has 3 atom stereocenters. The van der Waals surface area contributed by atoms with Gasteiger partial charge in [0.25, 0.3) is 0 Å². The standard InChI is InChI=1S/C15H23N3O3/c16-12(9-5-6-9)7-17-13(19)8-18-14(20)10-3-1-2-4-11(10)15(18)21/h9-12H,1-8,16H2,(H,17,19). The Morgan fingerprint density at radius 1 is 1.14 bits per heavy atom. The lowest BCUT2D eigenvalue weighted by molar-refractivity contribution is -0.143. The summed E-state index contributed by atoms with van der Waals surface area (Å²) in [4.78, 5) is 37.6. The molecular weight excluding hydrogens is 270 g/mol. The number of hydrogen-bond donors (Lipinski definition) is 2. The fourth-order valence-corrected chi connectivity index (χ4v) is 3.51. The van der Waals surface area contributed by atoms with Crippen molar-refractivity contribution in [3.63, 3.8) is 0 Å². The number of nitrogens with two attached hydrogens (primary N) is 1. The van der Waals surface area contributed by atoms with Gasteiger partial charge in [0.1, 0.15) is 6.54 Å². The molecule has 0 aromatic heterocycles. The van der Waals surface area contributed by atoms with Crippen LogP contribution in [0.5, 0.6) is 0 Å². The van der Waals surface area contributed by atoms with Gasteiger partial charge in [0.05, 0.1) is 11.8 Å². The van der Waals surface area contributed by atoms with Crippen molar-refractivity contribution >= 4 is 17.7 Å². The Bertz CT molecular complexity index is 437. The zero-order valence-electron chi connectivity index (χ0n) is 12.2. The number of amides is 3. The van der Waals surface area contributed by atoms with Gasteiger partial charge in [0.2, 0.25) is 17.7 Å². The summed E-state index contributed by atoms with van der Waals surface area (Å²) in [6.45, 7) is 0.272. The van der Waals surface area contributed by atoms with E-state index in [4.69, 9.17) is 5.73 Å². The number of nitrogens with zero attached hydrogens (tertiary/aromatic N) is 1. The van der Waals surface area contributed by atoms with Gasteiger partial charge in [-0.05, 0) is 31.6 Å². The van der Waals surface area contributed by atoms with Crippen LogP contribution in [0.2, 0.25) is 0 Å². The molecule has 0 aromatic carbocycles. The molecule has 3 unspecified atom stereocenters. The lowest BCUT2D eigenvalue weighted by atomic mass is 9.81. The molecule has 1 saturated heterocycles. The lowest BCUT2D eigenvalue weighted by Gasteiger charge is -2.19. The minimum absolute atomic E-state index is 0.0125. The van der Waals surface area contributed by atoms with E-state index < -0.39 is 0 Å². The van der Waals surface area contributed by atoms with Gasteiger partial charge in [-0.15, -0.1) is 0 Å². The Hall–Kier alpha value is -1.43. The van der Waals surface area contributed by atoms with Gasteiger partial charge in [0.15, 0.2) is 0 Å². The molecule has 21 heavy (non-hydrogen) atoms. The summed E-state index contributed by atoms with van der Waals surface area (Å²) in [6, 6.07) is -0.0125. The number of hydrogen-bond acceptors (Lipinski definition) is 4. The summed E-state index contributed by atoms with van der Waals surface area (Å²) in [6.07, 6.45) is 5.81. The molecule has 1 aliphatic heterocycles. The molecule has 0 bridgehead atoms. The predicted octanol–water partition coefficient (Wildman–Crippen LogP) is 0.0151. The Labute approximate surface area is 124 Å². The van der Waals surface area contributed by atoms with Crippen LogP contribution < -0.4 is 11.1 Å². The Morgan fingerprint density at radius 3 is 2.24 bits per heavy atom. The normalized spacial score (nSPS) is 30.2. The maximum absolute atomic E-state index is 12.2. The molecule has 2 saturated carbocycles. The van der Waals surface area contributed by atoms with Crippen molar-refractivity contribution in [3.05, 3.63) is 0 Å². The second-order valence-corrected chi connectivity index (χ2v) is 6.57. The first-order chi connectivity index (χ1) is 10.1. The second kappa shape index (κ2) is 5.75. The Balaban J connectivity index is 1.52. The van der Waals surface area contributed by atoms with Crippen LogP contribution in [0.3, 0.4) is 0 Å². The van der Waals surface area contributed by atoms with Gasteiger partial charge >= 0.3 is 0 Å². The highest BCUT2D eigenvalue weighted by Gasteiger charge is 2.48. The van der Waals surface area contributed by atoms with E-state index in [-0.39, 0.29) is 42.1 Å². The van der Waals surface area contributed by atoms with Crippen LogP contribution in [0.15, 0.2) is 0 Å². The third kappa shape index (κ3) is 2.95. The first-order valence-electron chi connectivity index (χ1n) is 7.95. The van der Waals surface area contributed by atoms with Crippen LogP contribution in [-0.4, -0.2) is 41.8 Å². The molecule has 2 aliphatic carbocycles. The highest BCUT2D eigenvalue weighted by Crippen LogP contribution is 2.37. The molecule has 3 amide bonds. The van der Waals surface area contributed by atoms with Gasteiger partial charge in [0, 0.05) is 12.6 Å². The lowest BCUT2D eigenvalue weighted by Crippen LogP contribution is -2.45. The number of carbonyl (C=O) groups excluding carboxylic acids is 3. The van der Waals surface area contributed by atoms with E-state index >= 15 is 0 Å². The van der Waals surface area contributed by atoms with Crippen molar-refractivity contribution in [2.24, 2.45) is 23.5 Å². The van der Waals surface area contributed by atoms with Crippen LogP contribution >= 0.6 is 0 Å². The molecule has 116 valence electrons. The van der Waals surface area contributed by atoms with E-state index in [0.717, 1.165) is 43.4 Å². The maximum Gasteiger partial charge on any atom is 0.240 e. The van der Waals surface area contributed by atoms with Crippen molar-refractivity contribution in [1.29, 1.82) is 0 Å². The maximum atomic E-state index is 12.2. The summed E-state index contributed by atoms with van der Waals surface area (Å²) < 4.78 is 0. The molecule has 3 fully saturated rings. The Kier molecular flexibility index (Phi) is 3.97. The summed E-state index contributed by atoms with van der Waals surface area (Å²) in [5.41, 5.74) is 5.92. The van der Waals surface area contributed by atoms with Crippen molar-refractivity contribution in [2.75, 3.05) is 13.1 Å². The highest BCUT2D eigenvalue weighted by molar-refractivity contribution is 6.07. The number of nitrogens with one attached hydrogen (secondary N) is 1. The van der Waals surface area contributed by atoms with E-state index in [9.17, 15) is 14.4 Å². The number of carbonyl (C=O) groups is 3. The summed E-state index contributed by atoms with van der Waals surface area (Å²) in [5, 5.41) is 2.74. The number of likely N-dealkylation sites (tertiary alicyclic amines) is 1. The van der Waals surface area contributed by atoms with Gasteiger partial charge in [-0.25, -0.2) is 0 Å². The molecule has 0 spiro atoms. The molecule has 3 aliphatic rings. The van der Waals surface area contributed by atoms with Crippen LogP contribution in [0.4, 0.5) is 0 Å². The average Bonchev–Trinajstić information content (AvgIpc) is 3.30. The van der Waals surface area contributed by atoms with E-state index in [1.165, 1.54) is 0 Å². The third-order valence-electron chi connectivity index (χ3n) is 5.00. The minimum Gasteiger partial charge on any atom is -0.353 e. The van der Waals surface area contributed by atoms with E-state index in [1.54, 1.807) is 0 Å². The van der Waals surface area contributed by atoms with E-state index in [1.807, 2.05) is 0 Å². The quantitative estimate of drug-likeness (QED) is 0.699. The van der Waals surface area contributed by atoms with Crippen molar-refractivity contribution in [2.45, 2.75) is 44.6 Å². The number of fused-ring (bicyclic) bond motifs is 1. The molecule has 0 aromatic rings. The molecule has 0 radical (unpaired) electrons. The highest BCUT2D eigenvalue weighted by atomic mass is 16.2. The first kappa shape index (κ1) is 14.5. The summed E-state index contributed by atoms with van der Waals surface area (Å²) in [5.74, 6) is -0.465. The smallest absolute Gasteiger partial charge is 0.240 e. The summed E-state index contributed by atoms with van der Waals surface area (Å²) in [7, 11) is 0. The van der Waals surface area contributed by atoms with Crippen LogP contribution in [0, 0.1) is 17.8 Å². The number of rotatable bonds is 5. The third-order valence-corrected chi connectivity index (χ3v) is 5.00. The van der Waals surface area contributed by atoms with Gasteiger partial charge < -0.3 is 11.1 Å². The predicted molar refractivity (Wildman–Crippen MR) is 75.9 cm³/mol. The Morgan fingerprint density at radius 2 is 1.71 bits per heavy atom. The molecule has 3 rings (SSSR count). The van der Waals surface area contributed by atoms with Crippen molar-refractivity contribution in [1.82, 2.24) is 10.2 Å². The number of imide groups is 1. The van der Waals surface area contributed by atoms with E-state index in [0.29, 0.717) is 12.5 Å². The fraction of sp³-hybridized carbons (Fsp3) is 0.800. The molecule has 6 heteroatoms. The minimum atomic E-state index is -0.286. The van der Waals surface area contributed by atoms with Gasteiger partial charge in [-0.2, -0.15) is 0 Å². The average molecular weight is 293 g/mol.